The van der Waals surface area contributed by atoms with E-state index in [1.807, 2.05) is 0 Å². The van der Waals surface area contributed by atoms with Crippen LogP contribution in [0.25, 0.3) is 0 Å². The summed E-state index contributed by atoms with van der Waals surface area (Å²) in [5.74, 6) is -1.17. The van der Waals surface area contributed by atoms with E-state index in [1.54, 1.807) is 65.6 Å². The van der Waals surface area contributed by atoms with Crippen LogP contribution in [-0.4, -0.2) is 55.4 Å². The molecular weight excluding hydrogens is 471 g/mol. The van der Waals surface area contributed by atoms with Crippen LogP contribution in [0.4, 0.5) is 21.9 Å². The number of hydrogen-bond acceptors (Lipinski definition) is 5. The number of anilines is 3. The maximum absolute atomic E-state index is 12.9. The predicted molar refractivity (Wildman–Crippen MR) is 137 cm³/mol. The first-order chi connectivity index (χ1) is 16.2. The van der Waals surface area contributed by atoms with Gasteiger partial charge in [-0.1, -0.05) is 7.43 Å². The number of urea groups is 1. The third-order valence-corrected chi connectivity index (χ3v) is 5.82. The molecular formula is C22H29N8O4P. The Morgan fingerprint density at radius 1 is 0.829 bits per heavy atom. The van der Waals surface area contributed by atoms with Crippen molar-refractivity contribution in [3.05, 3.63) is 53.9 Å². The fraction of sp³-hybridized carbons (Fsp3) is 0.273. The zero-order valence-electron chi connectivity index (χ0n) is 18.9. The molecule has 13 heteroatoms. The average Bonchev–Trinajstić information content (AvgIpc) is 3.55. The fourth-order valence-electron chi connectivity index (χ4n) is 3.77. The van der Waals surface area contributed by atoms with Crippen LogP contribution < -0.4 is 21.0 Å². The quantitative estimate of drug-likeness (QED) is 0.385. The highest BCUT2D eigenvalue weighted by molar-refractivity contribution is 7.18. The van der Waals surface area contributed by atoms with Crippen LogP contribution in [0.1, 0.15) is 38.9 Å². The number of aromatic nitrogens is 3. The number of nitrogens with one attached hydrogen (secondary N) is 4. The minimum atomic E-state index is -0.442. The third kappa shape index (κ3) is 5.07. The highest BCUT2D eigenvalue weighted by atomic mass is 31.0. The van der Waals surface area contributed by atoms with Gasteiger partial charge in [-0.05, 0) is 27.6 Å². The fourth-order valence-corrected chi connectivity index (χ4v) is 3.93. The SMILES string of the molecule is C.Cn1cc(NP)cc1C(=O)Nc1cc(C(=O)Nc2cc(C(=O)N3CCNC3=O)n(C)c2)n(C)c1. The van der Waals surface area contributed by atoms with Crippen molar-refractivity contribution in [2.75, 3.05) is 28.8 Å². The molecule has 0 spiro atoms. The minimum absolute atomic E-state index is 0. The molecule has 0 bridgehead atoms. The zero-order valence-corrected chi connectivity index (χ0v) is 20.0. The highest BCUT2D eigenvalue weighted by Gasteiger charge is 2.29. The predicted octanol–water partition coefficient (Wildman–Crippen LogP) is 2.21. The number of carbonyl (C=O) groups excluding carboxylic acids is 4. The first-order valence-corrected chi connectivity index (χ1v) is 10.9. The summed E-state index contributed by atoms with van der Waals surface area (Å²) in [6.07, 6.45) is 5.01. The zero-order chi connectivity index (χ0) is 24.6. The summed E-state index contributed by atoms with van der Waals surface area (Å²) in [6, 6.07) is 4.35. The molecule has 0 radical (unpaired) electrons. The van der Waals surface area contributed by atoms with Gasteiger partial charge in [0.25, 0.3) is 17.7 Å². The number of nitrogens with zero attached hydrogens (tertiary/aromatic N) is 4. The molecule has 3 aromatic heterocycles. The van der Waals surface area contributed by atoms with Gasteiger partial charge in [-0.15, -0.1) is 0 Å². The number of hydrogen-bond donors (Lipinski definition) is 4. The minimum Gasteiger partial charge on any atom is -0.368 e. The van der Waals surface area contributed by atoms with Crippen molar-refractivity contribution in [3.63, 3.8) is 0 Å². The standard InChI is InChI=1S/C21H25N8O4P.CH4/c1-26-9-12(23-19(31)16-8-14(25-34)11-27(16)2)6-15(26)18(30)24-13-7-17(28(3)10-13)20(32)29-5-4-22-21(29)33;/h6-11,25H,4-5,34H2,1-3H3,(H,22,33)(H,23,31)(H,24,30);1H4. The van der Waals surface area contributed by atoms with Gasteiger partial charge in [0.1, 0.15) is 17.1 Å². The van der Waals surface area contributed by atoms with Gasteiger partial charge in [0.15, 0.2) is 0 Å². The lowest BCUT2D eigenvalue weighted by Gasteiger charge is -2.12. The lowest BCUT2D eigenvalue weighted by atomic mass is 10.3. The topological polar surface area (TPSA) is 134 Å². The monoisotopic (exact) mass is 500 g/mol. The molecule has 186 valence electrons. The Balaban J connectivity index is 0.00000342. The largest absolute Gasteiger partial charge is 0.368 e. The van der Waals surface area contributed by atoms with E-state index in [1.165, 1.54) is 6.07 Å². The maximum Gasteiger partial charge on any atom is 0.324 e. The van der Waals surface area contributed by atoms with Crippen LogP contribution in [0.2, 0.25) is 0 Å². The van der Waals surface area contributed by atoms with Crippen LogP contribution >= 0.6 is 9.39 Å². The van der Waals surface area contributed by atoms with E-state index in [9.17, 15) is 19.2 Å². The van der Waals surface area contributed by atoms with Crippen molar-refractivity contribution < 1.29 is 19.2 Å². The molecule has 0 aliphatic carbocycles. The van der Waals surface area contributed by atoms with Crippen LogP contribution in [-0.2, 0) is 21.1 Å². The molecule has 1 fully saturated rings. The van der Waals surface area contributed by atoms with Crippen molar-refractivity contribution in [2.45, 2.75) is 7.43 Å². The van der Waals surface area contributed by atoms with Crippen molar-refractivity contribution >= 4 is 50.2 Å². The van der Waals surface area contributed by atoms with Gasteiger partial charge in [-0.3, -0.25) is 19.3 Å². The first kappa shape index (κ1) is 25.6. The first-order valence-electron chi connectivity index (χ1n) is 10.4. The Morgan fingerprint density at radius 2 is 1.29 bits per heavy atom. The molecule has 0 aromatic carbocycles. The Morgan fingerprint density at radius 3 is 1.74 bits per heavy atom. The van der Waals surface area contributed by atoms with Gasteiger partial charge >= 0.3 is 6.03 Å². The summed E-state index contributed by atoms with van der Waals surface area (Å²) >= 11 is 0. The van der Waals surface area contributed by atoms with E-state index in [0.717, 1.165) is 10.6 Å². The molecule has 12 nitrogen and oxygen atoms in total. The van der Waals surface area contributed by atoms with Crippen LogP contribution in [0.5, 0.6) is 0 Å². The van der Waals surface area contributed by atoms with Gasteiger partial charge in [0, 0.05) is 52.8 Å². The normalized spacial score (nSPS) is 12.7. The molecule has 4 N–H and O–H groups in total. The highest BCUT2D eigenvalue weighted by Crippen LogP contribution is 2.20. The summed E-state index contributed by atoms with van der Waals surface area (Å²) in [4.78, 5) is 51.1. The smallest absolute Gasteiger partial charge is 0.324 e. The second-order valence-corrected chi connectivity index (χ2v) is 8.20. The average molecular weight is 501 g/mol. The number of rotatable bonds is 6. The molecule has 1 unspecified atom stereocenters. The number of carbonyl (C=O) groups is 4. The maximum atomic E-state index is 12.9. The second-order valence-electron chi connectivity index (χ2n) is 7.92. The Bertz CT molecular complexity index is 1300. The van der Waals surface area contributed by atoms with E-state index in [2.05, 4.69) is 30.4 Å². The molecule has 1 atom stereocenters. The van der Waals surface area contributed by atoms with Crippen LogP contribution in [0.3, 0.4) is 0 Å². The van der Waals surface area contributed by atoms with E-state index in [-0.39, 0.29) is 19.0 Å². The molecule has 4 heterocycles. The molecule has 35 heavy (non-hydrogen) atoms. The number of imide groups is 1. The Hall–Kier alpha value is -4.05. The summed E-state index contributed by atoms with van der Waals surface area (Å²) in [7, 11) is 7.49. The Labute approximate surface area is 204 Å². The van der Waals surface area contributed by atoms with Gasteiger partial charge in [0.05, 0.1) is 17.1 Å². The molecule has 4 rings (SSSR count). The Kier molecular flexibility index (Phi) is 7.35. The molecule has 0 saturated carbocycles. The van der Waals surface area contributed by atoms with Crippen LogP contribution in [0.15, 0.2) is 36.8 Å². The molecule has 5 amide bonds. The molecule has 1 saturated heterocycles. The van der Waals surface area contributed by atoms with Gasteiger partial charge < -0.3 is 34.7 Å². The van der Waals surface area contributed by atoms with Crippen molar-refractivity contribution in [1.29, 1.82) is 0 Å². The number of aryl methyl sites for hydroxylation is 3. The van der Waals surface area contributed by atoms with Crippen molar-refractivity contribution in [1.82, 2.24) is 23.9 Å². The van der Waals surface area contributed by atoms with E-state index >= 15 is 0 Å². The van der Waals surface area contributed by atoms with Gasteiger partial charge in [-0.2, -0.15) is 0 Å². The van der Waals surface area contributed by atoms with Crippen molar-refractivity contribution in [2.24, 2.45) is 21.1 Å². The molecule has 3 aromatic rings. The summed E-state index contributed by atoms with van der Waals surface area (Å²) < 4.78 is 4.84. The van der Waals surface area contributed by atoms with Gasteiger partial charge in [-0.25, -0.2) is 4.79 Å². The van der Waals surface area contributed by atoms with Crippen LogP contribution in [0, 0.1) is 0 Å². The summed E-state index contributed by atoms with van der Waals surface area (Å²) in [6.45, 7) is 0.700. The summed E-state index contributed by atoms with van der Waals surface area (Å²) in [5, 5.41) is 11.0. The molecule has 1 aliphatic rings. The van der Waals surface area contributed by atoms with E-state index in [0.29, 0.717) is 35.9 Å². The van der Waals surface area contributed by atoms with Gasteiger partial charge in [0.2, 0.25) is 0 Å². The second kappa shape index (κ2) is 10.1. The van der Waals surface area contributed by atoms with E-state index < -0.39 is 17.8 Å². The third-order valence-electron chi connectivity index (χ3n) is 5.48. The van der Waals surface area contributed by atoms with E-state index in [4.69, 9.17) is 0 Å². The molecule has 1 aliphatic heterocycles. The lowest BCUT2D eigenvalue weighted by molar-refractivity contribution is 0.0819. The summed E-state index contributed by atoms with van der Waals surface area (Å²) in [5.41, 5.74) is 2.68. The van der Waals surface area contributed by atoms with Crippen molar-refractivity contribution in [3.8, 4) is 0 Å². The number of amides is 5. The lowest BCUT2D eigenvalue weighted by Crippen LogP contribution is -2.35.